The first-order valence-electron chi connectivity index (χ1n) is 9.78. The van der Waals surface area contributed by atoms with Gasteiger partial charge in [-0.05, 0) is 62.2 Å². The van der Waals surface area contributed by atoms with Gasteiger partial charge in [0.1, 0.15) is 12.7 Å². The smallest absolute Gasteiger partial charge is 0.138 e. The second-order valence-electron chi connectivity index (χ2n) is 7.17. The average molecular weight is 433 g/mol. The van der Waals surface area contributed by atoms with Crippen LogP contribution in [0.15, 0.2) is 55.2 Å². The Bertz CT molecular complexity index is 864. The van der Waals surface area contributed by atoms with Gasteiger partial charge in [0, 0.05) is 30.4 Å². The van der Waals surface area contributed by atoms with E-state index in [2.05, 4.69) is 43.5 Å². The maximum absolute atomic E-state index is 6.28. The second kappa shape index (κ2) is 10.7. The van der Waals surface area contributed by atoms with E-state index in [9.17, 15) is 0 Å². The minimum atomic E-state index is 0. The molecule has 0 amide bonds. The number of hydrogen-bond acceptors (Lipinski definition) is 5. The fraction of sp³-hybridized carbons (Fsp3) is 0.381. The summed E-state index contributed by atoms with van der Waals surface area (Å²) in [5, 5.41) is 8.53. The van der Waals surface area contributed by atoms with Crippen LogP contribution in [0.4, 0.5) is 0 Å². The monoisotopic (exact) mass is 432 g/mol. The van der Waals surface area contributed by atoms with Gasteiger partial charge in [-0.15, -0.1) is 12.4 Å². The highest BCUT2D eigenvalue weighted by atomic mass is 35.5. The van der Waals surface area contributed by atoms with Gasteiger partial charge in [0.15, 0.2) is 0 Å². The molecule has 3 heterocycles. The van der Waals surface area contributed by atoms with Crippen molar-refractivity contribution in [1.29, 1.82) is 0 Å². The lowest BCUT2D eigenvalue weighted by molar-refractivity contribution is 0.162. The Labute approximate surface area is 182 Å². The van der Waals surface area contributed by atoms with Crippen LogP contribution in [0.25, 0.3) is 5.69 Å². The molecule has 0 spiro atoms. The Morgan fingerprint density at radius 3 is 2.86 bits per heavy atom. The second-order valence-corrected chi connectivity index (χ2v) is 7.61. The zero-order valence-corrected chi connectivity index (χ0v) is 17.8. The third-order valence-corrected chi connectivity index (χ3v) is 5.47. The van der Waals surface area contributed by atoms with Crippen molar-refractivity contribution in [2.45, 2.75) is 38.4 Å². The number of nitrogens with zero attached hydrogens (tertiary/aromatic N) is 5. The van der Waals surface area contributed by atoms with Crippen molar-refractivity contribution < 1.29 is 0 Å². The van der Waals surface area contributed by atoms with Gasteiger partial charge in [-0.3, -0.25) is 9.88 Å². The Balaban J connectivity index is 0.00000240. The number of pyridine rings is 1. The van der Waals surface area contributed by atoms with Crippen LogP contribution in [0.5, 0.6) is 0 Å². The summed E-state index contributed by atoms with van der Waals surface area (Å²) < 4.78 is 1.79. The normalized spacial score (nSPS) is 17.0. The van der Waals surface area contributed by atoms with Gasteiger partial charge in [0.25, 0.3) is 0 Å². The Kier molecular flexibility index (Phi) is 8.00. The number of hydrogen-bond donors (Lipinski definition) is 1. The van der Waals surface area contributed by atoms with Crippen molar-refractivity contribution in [1.82, 2.24) is 30.0 Å². The van der Waals surface area contributed by atoms with Gasteiger partial charge in [-0.2, -0.15) is 5.10 Å². The van der Waals surface area contributed by atoms with Crippen molar-refractivity contribution in [2.24, 2.45) is 0 Å². The molecular formula is C21H26Cl2N6. The minimum Gasteiger partial charge on any atom is -0.317 e. The summed E-state index contributed by atoms with van der Waals surface area (Å²) >= 11 is 6.28. The number of halogens is 2. The van der Waals surface area contributed by atoms with E-state index >= 15 is 0 Å². The van der Waals surface area contributed by atoms with E-state index < -0.39 is 0 Å². The molecular weight excluding hydrogens is 407 g/mol. The Morgan fingerprint density at radius 2 is 2.07 bits per heavy atom. The van der Waals surface area contributed by atoms with Crippen LogP contribution in [0, 0.1) is 0 Å². The quantitative estimate of drug-likeness (QED) is 0.640. The molecule has 1 fully saturated rings. The number of aromatic nitrogens is 4. The lowest BCUT2D eigenvalue weighted by Crippen LogP contribution is -2.35. The van der Waals surface area contributed by atoms with E-state index in [0.29, 0.717) is 11.1 Å². The molecule has 1 unspecified atom stereocenters. The lowest BCUT2D eigenvalue weighted by Gasteiger charge is -2.31. The molecule has 0 saturated carbocycles. The Hall–Kier alpha value is -1.99. The van der Waals surface area contributed by atoms with Crippen molar-refractivity contribution >= 4 is 24.0 Å². The molecule has 154 valence electrons. The topological polar surface area (TPSA) is 58.9 Å². The zero-order valence-electron chi connectivity index (χ0n) is 16.2. The first kappa shape index (κ1) is 21.7. The van der Waals surface area contributed by atoms with E-state index in [4.69, 9.17) is 11.6 Å². The van der Waals surface area contributed by atoms with Crippen molar-refractivity contribution in [3.63, 3.8) is 0 Å². The van der Waals surface area contributed by atoms with Gasteiger partial charge in [-0.25, -0.2) is 9.67 Å². The first-order chi connectivity index (χ1) is 13.8. The zero-order chi connectivity index (χ0) is 19.2. The highest BCUT2D eigenvalue weighted by molar-refractivity contribution is 6.30. The fourth-order valence-corrected chi connectivity index (χ4v) is 3.98. The molecule has 0 radical (unpaired) electrons. The predicted octanol–water partition coefficient (Wildman–Crippen LogP) is 3.88. The number of nitrogens with one attached hydrogen (secondary N) is 1. The van der Waals surface area contributed by atoms with Gasteiger partial charge < -0.3 is 5.32 Å². The predicted molar refractivity (Wildman–Crippen MR) is 118 cm³/mol. The fourth-order valence-electron chi connectivity index (χ4n) is 3.82. The van der Waals surface area contributed by atoms with Crippen LogP contribution < -0.4 is 5.32 Å². The number of benzene rings is 1. The van der Waals surface area contributed by atoms with Crippen LogP contribution in [0.1, 0.15) is 30.5 Å². The molecule has 1 saturated heterocycles. The van der Waals surface area contributed by atoms with E-state index in [1.54, 1.807) is 17.3 Å². The first-order valence-corrected chi connectivity index (χ1v) is 10.2. The summed E-state index contributed by atoms with van der Waals surface area (Å²) in [6.07, 6.45) is 8.65. The summed E-state index contributed by atoms with van der Waals surface area (Å²) in [4.78, 5) is 11.2. The van der Waals surface area contributed by atoms with Crippen molar-refractivity contribution in [3.05, 3.63) is 71.5 Å². The van der Waals surface area contributed by atoms with Crippen molar-refractivity contribution in [3.8, 4) is 5.69 Å². The molecule has 1 aromatic carbocycles. The lowest BCUT2D eigenvalue weighted by atomic mass is 10.0. The van der Waals surface area contributed by atoms with Crippen LogP contribution in [-0.4, -0.2) is 43.8 Å². The molecule has 4 rings (SSSR count). The molecule has 2 aromatic heterocycles. The van der Waals surface area contributed by atoms with E-state index in [-0.39, 0.29) is 12.4 Å². The van der Waals surface area contributed by atoms with Gasteiger partial charge >= 0.3 is 0 Å². The largest absolute Gasteiger partial charge is 0.317 e. The van der Waals surface area contributed by atoms with E-state index in [1.807, 2.05) is 24.4 Å². The van der Waals surface area contributed by atoms with Gasteiger partial charge in [0.05, 0.1) is 11.4 Å². The van der Waals surface area contributed by atoms with Crippen molar-refractivity contribution in [2.75, 3.05) is 13.1 Å². The SMILES string of the molecule is Cl.Clc1ccc(CN(Cc2ccccn2)C2CCCNCC2)c(-n2cncn2)c1. The van der Waals surface area contributed by atoms with Gasteiger partial charge in [0.2, 0.25) is 0 Å². The molecule has 3 aromatic rings. The summed E-state index contributed by atoms with van der Waals surface area (Å²) in [6, 6.07) is 12.6. The maximum atomic E-state index is 6.28. The van der Waals surface area contributed by atoms with Crippen LogP contribution >= 0.6 is 24.0 Å². The summed E-state index contributed by atoms with van der Waals surface area (Å²) in [5.74, 6) is 0. The van der Waals surface area contributed by atoms with Crippen LogP contribution in [0.2, 0.25) is 5.02 Å². The minimum absolute atomic E-state index is 0. The Morgan fingerprint density at radius 1 is 1.14 bits per heavy atom. The molecule has 29 heavy (non-hydrogen) atoms. The standard InChI is InChI=1S/C21H25ClN6.ClH/c22-18-7-6-17(21(12-18)28-16-24-15-26-28)13-27(14-19-4-1-2-10-25-19)20-5-3-9-23-11-8-20;/h1-2,4,6-7,10,12,15-16,20,23H,3,5,8-9,11,13-14H2;1H. The molecule has 1 atom stereocenters. The molecule has 0 aliphatic carbocycles. The highest BCUT2D eigenvalue weighted by Crippen LogP contribution is 2.24. The number of rotatable bonds is 6. The van der Waals surface area contributed by atoms with E-state index in [1.165, 1.54) is 18.4 Å². The van der Waals surface area contributed by atoms with E-state index in [0.717, 1.165) is 44.0 Å². The molecule has 1 N–H and O–H groups in total. The summed E-state index contributed by atoms with van der Waals surface area (Å²) in [5.41, 5.74) is 3.25. The molecule has 8 heteroatoms. The molecule has 1 aliphatic heterocycles. The third kappa shape index (κ3) is 5.76. The highest BCUT2D eigenvalue weighted by Gasteiger charge is 2.22. The molecule has 1 aliphatic rings. The average Bonchev–Trinajstić information content (AvgIpc) is 3.12. The third-order valence-electron chi connectivity index (χ3n) is 5.24. The molecule has 0 bridgehead atoms. The molecule has 6 nitrogen and oxygen atoms in total. The summed E-state index contributed by atoms with van der Waals surface area (Å²) in [7, 11) is 0. The maximum Gasteiger partial charge on any atom is 0.138 e. The summed E-state index contributed by atoms with van der Waals surface area (Å²) in [6.45, 7) is 3.79. The van der Waals surface area contributed by atoms with Crippen LogP contribution in [-0.2, 0) is 13.1 Å². The van der Waals surface area contributed by atoms with Gasteiger partial charge in [-0.1, -0.05) is 23.7 Å². The van der Waals surface area contributed by atoms with Crippen LogP contribution in [0.3, 0.4) is 0 Å².